The van der Waals surface area contributed by atoms with Gasteiger partial charge in [-0.2, -0.15) is 10.4 Å². The van der Waals surface area contributed by atoms with Gasteiger partial charge in [0.1, 0.15) is 11.5 Å². The number of nitrogens with one attached hydrogen (secondary N) is 2. The van der Waals surface area contributed by atoms with Gasteiger partial charge in [0, 0.05) is 50.3 Å². The molecule has 1 unspecified atom stereocenters. The number of hydrogen-bond acceptors (Lipinski definition) is 7. The average Bonchev–Trinajstić information content (AvgIpc) is 3.67. The first-order valence-corrected chi connectivity index (χ1v) is 15.6. The van der Waals surface area contributed by atoms with Gasteiger partial charge in [0.15, 0.2) is 5.65 Å². The van der Waals surface area contributed by atoms with Gasteiger partial charge in [0.2, 0.25) is 0 Å². The number of carbonyl (C=O) groups is 1. The van der Waals surface area contributed by atoms with Crippen molar-refractivity contribution in [3.63, 3.8) is 0 Å². The highest BCUT2D eigenvalue weighted by Gasteiger charge is 2.33. The average molecular weight is 633 g/mol. The van der Waals surface area contributed by atoms with E-state index in [-0.39, 0.29) is 11.5 Å². The summed E-state index contributed by atoms with van der Waals surface area (Å²) in [4.78, 5) is 20.3. The van der Waals surface area contributed by atoms with Crippen molar-refractivity contribution >= 4 is 22.9 Å². The number of ether oxygens (including phenoxy) is 1. The first-order valence-electron chi connectivity index (χ1n) is 15.6. The maximum atomic E-state index is 15.2. The fraction of sp³-hybridized carbons (Fsp3) is 0.333. The molecule has 2 N–H and O–H groups in total. The predicted molar refractivity (Wildman–Crippen MR) is 177 cm³/mol. The lowest BCUT2D eigenvalue weighted by atomic mass is 9.74. The van der Waals surface area contributed by atoms with Crippen molar-refractivity contribution in [1.29, 1.82) is 5.26 Å². The first kappa shape index (κ1) is 31.7. The third-order valence-corrected chi connectivity index (χ3v) is 8.62. The molecule has 240 valence electrons. The number of hydrogen-bond donors (Lipinski definition) is 2. The Bertz CT molecular complexity index is 2000. The Kier molecular flexibility index (Phi) is 8.95. The van der Waals surface area contributed by atoms with Gasteiger partial charge in [-0.3, -0.25) is 18.8 Å². The Morgan fingerprint density at radius 2 is 2.02 bits per heavy atom. The molecular formula is C36H37FN8O2. The molecule has 0 radical (unpaired) electrons. The maximum Gasteiger partial charge on any atom is 0.258 e. The van der Waals surface area contributed by atoms with E-state index in [4.69, 9.17) is 4.74 Å². The van der Waals surface area contributed by atoms with Crippen LogP contribution in [0.5, 0.6) is 0 Å². The molecule has 4 aromatic rings. The minimum atomic E-state index is -0.730. The molecule has 4 heterocycles. The molecule has 1 aromatic carbocycles. The normalized spacial score (nSPS) is 16.9. The lowest BCUT2D eigenvalue weighted by Crippen LogP contribution is -2.41. The number of anilines is 2. The Labute approximate surface area is 273 Å². The highest BCUT2D eigenvalue weighted by molar-refractivity contribution is 5.96. The molecule has 1 fully saturated rings. The summed E-state index contributed by atoms with van der Waals surface area (Å²) in [6, 6.07) is 9.05. The van der Waals surface area contributed by atoms with Crippen LogP contribution in [0, 0.1) is 47.2 Å². The number of aromatic nitrogens is 4. The summed E-state index contributed by atoms with van der Waals surface area (Å²) < 4.78 is 24.3. The van der Waals surface area contributed by atoms with Gasteiger partial charge in [-0.1, -0.05) is 12.0 Å². The summed E-state index contributed by atoms with van der Waals surface area (Å²) in [6.45, 7) is 9.45. The van der Waals surface area contributed by atoms with Crippen molar-refractivity contribution in [3.05, 3.63) is 101 Å². The van der Waals surface area contributed by atoms with Crippen molar-refractivity contribution in [2.24, 2.45) is 18.4 Å². The van der Waals surface area contributed by atoms with Gasteiger partial charge in [0.25, 0.3) is 5.91 Å². The van der Waals surface area contributed by atoms with Crippen LogP contribution in [0.25, 0.3) is 5.65 Å². The number of nitriles is 1. The van der Waals surface area contributed by atoms with E-state index in [0.29, 0.717) is 47.8 Å². The van der Waals surface area contributed by atoms with Gasteiger partial charge in [0.05, 0.1) is 54.0 Å². The molecule has 0 spiro atoms. The number of pyridine rings is 1. The number of benzene rings is 1. The topological polar surface area (TPSA) is 113 Å². The highest BCUT2D eigenvalue weighted by atomic mass is 19.1. The Morgan fingerprint density at radius 1 is 1.21 bits per heavy atom. The molecular weight excluding hydrogens is 595 g/mol. The Balaban J connectivity index is 1.22. The van der Waals surface area contributed by atoms with Crippen LogP contribution in [0.2, 0.25) is 0 Å². The van der Waals surface area contributed by atoms with E-state index in [0.717, 1.165) is 36.6 Å². The molecule has 1 aliphatic heterocycles. The molecule has 10 nitrogen and oxygen atoms in total. The molecule has 0 bridgehead atoms. The zero-order valence-electron chi connectivity index (χ0n) is 27.0. The van der Waals surface area contributed by atoms with Gasteiger partial charge in [-0.25, -0.2) is 9.37 Å². The zero-order chi connectivity index (χ0) is 33.1. The molecule has 1 aliphatic carbocycles. The number of rotatable bonds is 7. The highest BCUT2D eigenvalue weighted by Crippen LogP contribution is 2.37. The molecule has 0 saturated carbocycles. The number of nitrogens with zero attached hydrogens (tertiary/aromatic N) is 6. The van der Waals surface area contributed by atoms with Gasteiger partial charge in [-0.05, 0) is 80.5 Å². The standard InChI is InChI=1S/C36H37FN8O2/c1-24-16-32(37)30(35(46)42-27-9-7-26(21-44-12-14-47-15-13-44)31(18-27)36(2,3)23-38)17-25(24)8-10-29-20-39-34-33(6-5-11-45(29)34)41-28-19-40-43(4)22-28/h5-6,9,11,16-20,22,26,41H,7,12-15,21H2,1-4H3,(H,42,46). The quantitative estimate of drug-likeness (QED) is 0.273. The van der Waals surface area contributed by atoms with E-state index in [1.54, 1.807) is 24.0 Å². The fourth-order valence-electron chi connectivity index (χ4n) is 6.00. The third-order valence-electron chi connectivity index (χ3n) is 8.62. The van der Waals surface area contributed by atoms with E-state index in [2.05, 4.69) is 43.5 Å². The number of aryl methyl sites for hydroxylation is 2. The van der Waals surface area contributed by atoms with E-state index >= 15 is 4.39 Å². The van der Waals surface area contributed by atoms with Crippen molar-refractivity contribution < 1.29 is 13.9 Å². The van der Waals surface area contributed by atoms with Crippen LogP contribution >= 0.6 is 0 Å². The Morgan fingerprint density at radius 3 is 2.77 bits per heavy atom. The van der Waals surface area contributed by atoms with Crippen LogP contribution in [-0.4, -0.2) is 62.8 Å². The minimum absolute atomic E-state index is 0.105. The lowest BCUT2D eigenvalue weighted by Gasteiger charge is -2.36. The second kappa shape index (κ2) is 13.2. The number of imidazole rings is 1. The summed E-state index contributed by atoms with van der Waals surface area (Å²) in [5.74, 6) is 5.18. The molecule has 3 aromatic heterocycles. The fourth-order valence-corrected chi connectivity index (χ4v) is 6.00. The summed E-state index contributed by atoms with van der Waals surface area (Å²) in [5, 5.41) is 20.4. The van der Waals surface area contributed by atoms with Gasteiger partial charge >= 0.3 is 0 Å². The maximum absolute atomic E-state index is 15.2. The summed E-state index contributed by atoms with van der Waals surface area (Å²) in [5.41, 5.74) is 4.78. The van der Waals surface area contributed by atoms with Crippen LogP contribution in [0.15, 0.2) is 72.5 Å². The first-order chi connectivity index (χ1) is 22.6. The molecule has 1 atom stereocenters. The van der Waals surface area contributed by atoms with E-state index in [9.17, 15) is 10.1 Å². The van der Waals surface area contributed by atoms with Crippen LogP contribution in [0.3, 0.4) is 0 Å². The summed E-state index contributed by atoms with van der Waals surface area (Å²) >= 11 is 0. The predicted octanol–water partition coefficient (Wildman–Crippen LogP) is 5.10. The largest absolute Gasteiger partial charge is 0.379 e. The van der Waals surface area contributed by atoms with Crippen LogP contribution in [-0.2, 0) is 11.8 Å². The number of halogens is 1. The van der Waals surface area contributed by atoms with Crippen LogP contribution in [0.4, 0.5) is 15.8 Å². The third kappa shape index (κ3) is 6.97. The molecule has 47 heavy (non-hydrogen) atoms. The van der Waals surface area contributed by atoms with Crippen molar-refractivity contribution in [2.75, 3.05) is 38.2 Å². The number of morpholine rings is 1. The molecule has 11 heteroatoms. The van der Waals surface area contributed by atoms with E-state index in [1.807, 2.05) is 62.0 Å². The van der Waals surface area contributed by atoms with E-state index in [1.165, 1.54) is 12.1 Å². The van der Waals surface area contributed by atoms with Gasteiger partial charge in [-0.15, -0.1) is 0 Å². The zero-order valence-corrected chi connectivity index (χ0v) is 27.0. The lowest BCUT2D eigenvalue weighted by molar-refractivity contribution is 0.0321. The smallest absolute Gasteiger partial charge is 0.258 e. The minimum Gasteiger partial charge on any atom is -0.379 e. The van der Waals surface area contributed by atoms with E-state index < -0.39 is 17.1 Å². The number of carbonyl (C=O) groups excluding carboxylic acids is 1. The summed E-state index contributed by atoms with van der Waals surface area (Å²) in [7, 11) is 1.85. The number of amides is 1. The number of fused-ring (bicyclic) bond motifs is 1. The molecule has 6 rings (SSSR count). The number of allylic oxidation sites excluding steroid dienone is 2. The molecule has 2 aliphatic rings. The Hall–Kier alpha value is -5.23. The van der Waals surface area contributed by atoms with Crippen molar-refractivity contribution in [3.8, 4) is 17.9 Å². The SMILES string of the molecule is Cc1cc(F)c(C(=O)NC2=CCC(CN3CCOCC3)C(C(C)(C)C#N)=C2)cc1C#Cc1cnc2c(Nc3cnn(C)c3)cccn12. The second-order valence-electron chi connectivity index (χ2n) is 12.5. The summed E-state index contributed by atoms with van der Waals surface area (Å²) in [6.07, 6.45) is 11.6. The van der Waals surface area contributed by atoms with Crippen LogP contribution < -0.4 is 10.6 Å². The van der Waals surface area contributed by atoms with Gasteiger partial charge < -0.3 is 15.4 Å². The van der Waals surface area contributed by atoms with Crippen molar-refractivity contribution in [2.45, 2.75) is 27.2 Å². The molecule has 1 amide bonds. The second-order valence-corrected chi connectivity index (χ2v) is 12.5. The molecule has 1 saturated heterocycles. The van der Waals surface area contributed by atoms with Crippen LogP contribution in [0.1, 0.15) is 47.4 Å². The van der Waals surface area contributed by atoms with Crippen molar-refractivity contribution in [1.82, 2.24) is 29.4 Å². The monoisotopic (exact) mass is 632 g/mol.